The van der Waals surface area contributed by atoms with E-state index in [2.05, 4.69) is 15.9 Å². The lowest BCUT2D eigenvalue weighted by molar-refractivity contribution is -0.111. The Morgan fingerprint density at radius 1 is 1.29 bits per heavy atom. The molecule has 1 aromatic carbocycles. The van der Waals surface area contributed by atoms with Gasteiger partial charge in [-0.1, -0.05) is 25.3 Å². The van der Waals surface area contributed by atoms with Crippen LogP contribution in [0.1, 0.15) is 55.3 Å². The van der Waals surface area contributed by atoms with Crippen LogP contribution < -0.4 is 0 Å². The van der Waals surface area contributed by atoms with Crippen molar-refractivity contribution in [2.75, 3.05) is 6.61 Å². The Morgan fingerprint density at radius 3 is 2.81 bits per heavy atom. The first-order chi connectivity index (χ1) is 10.1. The Hall–Kier alpha value is -0.740. The highest BCUT2D eigenvalue weighted by molar-refractivity contribution is 9.10. The highest BCUT2D eigenvalue weighted by Crippen LogP contribution is 2.41. The van der Waals surface area contributed by atoms with Crippen molar-refractivity contribution in [3.8, 4) is 0 Å². The maximum atomic E-state index is 14.1. The standard InChI is InChI=1S/C17H20BrFO2/c18-14-6-4-5-13(15(14)19)16(20)12-7-10-21-17(11-12)8-2-1-3-9-17/h4-6,12H,1-3,7-11H2. The van der Waals surface area contributed by atoms with Crippen LogP contribution in [0, 0.1) is 11.7 Å². The quantitative estimate of drug-likeness (QED) is 0.706. The van der Waals surface area contributed by atoms with E-state index in [9.17, 15) is 9.18 Å². The highest BCUT2D eigenvalue weighted by atomic mass is 79.9. The Labute approximate surface area is 133 Å². The van der Waals surface area contributed by atoms with Gasteiger partial charge in [-0.2, -0.15) is 0 Å². The van der Waals surface area contributed by atoms with E-state index in [4.69, 9.17) is 4.74 Å². The lowest BCUT2D eigenvalue weighted by Crippen LogP contribution is -2.43. The minimum absolute atomic E-state index is 0.0675. The van der Waals surface area contributed by atoms with Gasteiger partial charge in [0.2, 0.25) is 0 Å². The minimum Gasteiger partial charge on any atom is -0.375 e. The van der Waals surface area contributed by atoms with E-state index in [1.807, 2.05) is 0 Å². The smallest absolute Gasteiger partial charge is 0.169 e. The number of Topliss-reactive ketones (excluding diaryl/α,β-unsaturated/α-hetero) is 1. The first-order valence-electron chi connectivity index (χ1n) is 7.73. The van der Waals surface area contributed by atoms with Crippen LogP contribution in [0.2, 0.25) is 0 Å². The third-order valence-corrected chi connectivity index (χ3v) is 5.46. The van der Waals surface area contributed by atoms with E-state index in [1.165, 1.54) is 19.3 Å². The van der Waals surface area contributed by atoms with Gasteiger partial charge in [-0.05, 0) is 53.7 Å². The monoisotopic (exact) mass is 354 g/mol. The molecule has 1 unspecified atom stereocenters. The molecule has 21 heavy (non-hydrogen) atoms. The van der Waals surface area contributed by atoms with Crippen molar-refractivity contribution in [3.63, 3.8) is 0 Å². The molecule has 4 heteroatoms. The number of carbonyl (C=O) groups excluding carboxylic acids is 1. The van der Waals surface area contributed by atoms with Crippen molar-refractivity contribution < 1.29 is 13.9 Å². The number of ketones is 1. The van der Waals surface area contributed by atoms with Gasteiger partial charge in [0, 0.05) is 12.5 Å². The van der Waals surface area contributed by atoms with E-state index >= 15 is 0 Å². The molecule has 1 spiro atoms. The number of hydrogen-bond donors (Lipinski definition) is 0. The van der Waals surface area contributed by atoms with Crippen molar-refractivity contribution in [2.45, 2.75) is 50.5 Å². The second-order valence-electron chi connectivity index (χ2n) is 6.25. The molecule has 1 atom stereocenters. The van der Waals surface area contributed by atoms with Gasteiger partial charge in [0.25, 0.3) is 0 Å². The third-order valence-electron chi connectivity index (χ3n) is 4.85. The number of carbonyl (C=O) groups is 1. The molecule has 0 aromatic heterocycles. The minimum atomic E-state index is -0.438. The molecule has 1 saturated carbocycles. The van der Waals surface area contributed by atoms with Gasteiger partial charge in [0.05, 0.1) is 15.6 Å². The SMILES string of the molecule is O=C(c1cccc(Br)c1F)C1CCOC2(CCCCC2)C1. The molecule has 3 rings (SSSR count). The van der Waals surface area contributed by atoms with Crippen LogP contribution in [-0.2, 0) is 4.74 Å². The molecule has 2 aliphatic rings. The van der Waals surface area contributed by atoms with Gasteiger partial charge in [0.1, 0.15) is 5.82 Å². The molecule has 1 aromatic rings. The molecule has 0 radical (unpaired) electrons. The highest BCUT2D eigenvalue weighted by Gasteiger charge is 2.41. The van der Waals surface area contributed by atoms with Crippen LogP contribution >= 0.6 is 15.9 Å². The molecule has 1 aliphatic carbocycles. The third kappa shape index (κ3) is 3.07. The summed E-state index contributed by atoms with van der Waals surface area (Å²) < 4.78 is 20.5. The first-order valence-corrected chi connectivity index (χ1v) is 8.53. The molecular weight excluding hydrogens is 335 g/mol. The summed E-state index contributed by atoms with van der Waals surface area (Å²) in [6.07, 6.45) is 7.13. The van der Waals surface area contributed by atoms with E-state index in [0.717, 1.165) is 19.3 Å². The number of halogens is 2. The number of rotatable bonds is 2. The summed E-state index contributed by atoms with van der Waals surface area (Å²) in [5, 5.41) is 0. The summed E-state index contributed by atoms with van der Waals surface area (Å²) in [7, 11) is 0. The summed E-state index contributed by atoms with van der Waals surface area (Å²) in [6, 6.07) is 4.93. The Morgan fingerprint density at radius 2 is 2.05 bits per heavy atom. The normalized spacial score (nSPS) is 25.0. The molecule has 0 N–H and O–H groups in total. The molecule has 114 valence electrons. The average molecular weight is 355 g/mol. The molecular formula is C17H20BrFO2. The van der Waals surface area contributed by atoms with Gasteiger partial charge >= 0.3 is 0 Å². The van der Waals surface area contributed by atoms with E-state index in [1.54, 1.807) is 18.2 Å². The first kappa shape index (κ1) is 15.2. The maximum absolute atomic E-state index is 14.1. The van der Waals surface area contributed by atoms with Crippen LogP contribution in [-0.4, -0.2) is 18.0 Å². The van der Waals surface area contributed by atoms with E-state index < -0.39 is 5.82 Å². The lowest BCUT2D eigenvalue weighted by atomic mass is 9.74. The molecule has 1 aliphatic heterocycles. The number of hydrogen-bond acceptors (Lipinski definition) is 2. The Kier molecular flexibility index (Phi) is 4.46. The second kappa shape index (κ2) is 6.17. The van der Waals surface area contributed by atoms with Crippen molar-refractivity contribution in [3.05, 3.63) is 34.1 Å². The van der Waals surface area contributed by atoms with Crippen molar-refractivity contribution in [1.82, 2.24) is 0 Å². The van der Waals surface area contributed by atoms with Gasteiger partial charge in [0.15, 0.2) is 5.78 Å². The van der Waals surface area contributed by atoms with Crippen LogP contribution in [0.4, 0.5) is 4.39 Å². The van der Waals surface area contributed by atoms with E-state index in [0.29, 0.717) is 17.5 Å². The number of ether oxygens (including phenoxy) is 1. The van der Waals surface area contributed by atoms with Crippen molar-refractivity contribution in [1.29, 1.82) is 0 Å². The lowest BCUT2D eigenvalue weighted by Gasteiger charge is -2.43. The van der Waals surface area contributed by atoms with Gasteiger partial charge < -0.3 is 4.74 Å². The topological polar surface area (TPSA) is 26.3 Å². The molecule has 0 amide bonds. The Balaban J connectivity index is 1.79. The van der Waals surface area contributed by atoms with Crippen molar-refractivity contribution >= 4 is 21.7 Å². The predicted molar refractivity (Wildman–Crippen MR) is 82.9 cm³/mol. The fourth-order valence-corrected chi connectivity index (χ4v) is 4.08. The van der Waals surface area contributed by atoms with Gasteiger partial charge in [-0.25, -0.2) is 4.39 Å². The molecule has 1 saturated heterocycles. The maximum Gasteiger partial charge on any atom is 0.169 e. The average Bonchev–Trinajstić information content (AvgIpc) is 2.50. The van der Waals surface area contributed by atoms with Crippen LogP contribution in [0.3, 0.4) is 0 Å². The van der Waals surface area contributed by atoms with Gasteiger partial charge in [-0.15, -0.1) is 0 Å². The zero-order valence-electron chi connectivity index (χ0n) is 12.0. The van der Waals surface area contributed by atoms with Crippen LogP contribution in [0.15, 0.2) is 22.7 Å². The van der Waals surface area contributed by atoms with Crippen molar-refractivity contribution in [2.24, 2.45) is 5.92 Å². The zero-order valence-corrected chi connectivity index (χ0v) is 13.6. The molecule has 2 nitrogen and oxygen atoms in total. The Bertz CT molecular complexity index is 532. The van der Waals surface area contributed by atoms with Crippen LogP contribution in [0.5, 0.6) is 0 Å². The summed E-state index contributed by atoms with van der Waals surface area (Å²) in [5.74, 6) is -0.616. The van der Waals surface area contributed by atoms with E-state index in [-0.39, 0.29) is 22.9 Å². The largest absolute Gasteiger partial charge is 0.375 e. The van der Waals surface area contributed by atoms with Crippen LogP contribution in [0.25, 0.3) is 0 Å². The summed E-state index contributed by atoms with van der Waals surface area (Å²) >= 11 is 3.16. The summed E-state index contributed by atoms with van der Waals surface area (Å²) in [4.78, 5) is 12.7. The zero-order chi connectivity index (χ0) is 14.9. The molecule has 0 bridgehead atoms. The number of benzene rings is 1. The summed E-state index contributed by atoms with van der Waals surface area (Å²) in [5.41, 5.74) is 0.0847. The summed E-state index contributed by atoms with van der Waals surface area (Å²) in [6.45, 7) is 0.617. The second-order valence-corrected chi connectivity index (χ2v) is 7.10. The van der Waals surface area contributed by atoms with Gasteiger partial charge in [-0.3, -0.25) is 4.79 Å². The fourth-order valence-electron chi connectivity index (χ4n) is 3.71. The fraction of sp³-hybridized carbons (Fsp3) is 0.588. The predicted octanol–water partition coefficient (Wildman–Crippen LogP) is 4.90. The molecule has 1 heterocycles. The molecule has 2 fully saturated rings.